The van der Waals surface area contributed by atoms with Crippen LogP contribution in [0.2, 0.25) is 5.02 Å². The van der Waals surface area contributed by atoms with Crippen LogP contribution in [0.5, 0.6) is 0 Å². The molecule has 0 aliphatic carbocycles. The summed E-state index contributed by atoms with van der Waals surface area (Å²) in [6.07, 6.45) is 1.73. The number of likely N-dealkylation sites (N-methyl/N-ethyl adjacent to an activating group) is 1. The first-order valence-corrected chi connectivity index (χ1v) is 7.50. The number of hydrogen-bond acceptors (Lipinski definition) is 3. The fraction of sp³-hybridized carbons (Fsp3) is 0.294. The molecule has 4 nitrogen and oxygen atoms in total. The van der Waals surface area contributed by atoms with E-state index in [0.29, 0.717) is 11.6 Å². The Morgan fingerprint density at radius 1 is 1.27 bits per heavy atom. The zero-order valence-electron chi connectivity index (χ0n) is 12.7. The number of halogens is 1. The van der Waals surface area contributed by atoms with Crippen molar-refractivity contribution in [2.24, 2.45) is 0 Å². The molecule has 5 heteroatoms. The third-order valence-corrected chi connectivity index (χ3v) is 3.65. The van der Waals surface area contributed by atoms with Crippen LogP contribution in [0.15, 0.2) is 48.7 Å². The van der Waals surface area contributed by atoms with E-state index in [1.165, 1.54) is 7.11 Å². The molecule has 0 saturated carbocycles. The fourth-order valence-corrected chi connectivity index (χ4v) is 2.53. The van der Waals surface area contributed by atoms with Crippen LogP contribution in [0, 0.1) is 0 Å². The van der Waals surface area contributed by atoms with Gasteiger partial charge in [-0.3, -0.25) is 9.78 Å². The molecule has 0 bridgehead atoms. The fourth-order valence-electron chi connectivity index (χ4n) is 2.40. The Balaban J connectivity index is 2.45. The molecule has 22 heavy (non-hydrogen) atoms. The molecule has 0 spiro atoms. The van der Waals surface area contributed by atoms with Crippen molar-refractivity contribution in [3.8, 4) is 0 Å². The minimum Gasteiger partial charge on any atom is -0.375 e. The van der Waals surface area contributed by atoms with Gasteiger partial charge in [0.15, 0.2) is 0 Å². The van der Waals surface area contributed by atoms with E-state index in [1.54, 1.807) is 11.1 Å². The van der Waals surface area contributed by atoms with E-state index < -0.39 is 0 Å². The number of benzene rings is 1. The van der Waals surface area contributed by atoms with Gasteiger partial charge in [-0.15, -0.1) is 0 Å². The standard InChI is InChI=1S/C17H19ClN2O2/c1-3-20(16(21)12-22-2)17(15-6-4-5-11-19-15)13-7-9-14(18)10-8-13/h4-11,17H,3,12H2,1-2H3/t17-/m0/s1. The molecule has 0 aliphatic rings. The van der Waals surface area contributed by atoms with Crippen LogP contribution >= 0.6 is 11.6 Å². The molecule has 0 saturated heterocycles. The Labute approximate surface area is 135 Å². The van der Waals surface area contributed by atoms with Crippen molar-refractivity contribution in [2.45, 2.75) is 13.0 Å². The molecule has 2 rings (SSSR count). The largest absolute Gasteiger partial charge is 0.375 e. The maximum absolute atomic E-state index is 12.4. The number of rotatable bonds is 6. The molecule has 0 N–H and O–H groups in total. The second-order valence-corrected chi connectivity index (χ2v) is 5.26. The zero-order chi connectivity index (χ0) is 15.9. The predicted molar refractivity (Wildman–Crippen MR) is 86.8 cm³/mol. The number of ether oxygens (including phenoxy) is 1. The number of aromatic nitrogens is 1. The summed E-state index contributed by atoms with van der Waals surface area (Å²) in [4.78, 5) is 18.6. The molecule has 0 radical (unpaired) electrons. The number of hydrogen-bond donors (Lipinski definition) is 0. The lowest BCUT2D eigenvalue weighted by Gasteiger charge is -2.31. The number of carbonyl (C=O) groups excluding carboxylic acids is 1. The van der Waals surface area contributed by atoms with Gasteiger partial charge in [-0.25, -0.2) is 0 Å². The van der Waals surface area contributed by atoms with Crippen LogP contribution in [0.25, 0.3) is 0 Å². The molecule has 2 aromatic rings. The third kappa shape index (κ3) is 3.84. The first-order chi connectivity index (χ1) is 10.7. The quantitative estimate of drug-likeness (QED) is 0.820. The van der Waals surface area contributed by atoms with E-state index in [-0.39, 0.29) is 18.6 Å². The summed E-state index contributed by atoms with van der Waals surface area (Å²) in [5.74, 6) is -0.0735. The summed E-state index contributed by atoms with van der Waals surface area (Å²) in [6.45, 7) is 2.55. The second kappa shape index (κ2) is 7.92. The summed E-state index contributed by atoms with van der Waals surface area (Å²) in [7, 11) is 1.52. The van der Waals surface area contributed by atoms with Crippen molar-refractivity contribution in [1.29, 1.82) is 0 Å². The lowest BCUT2D eigenvalue weighted by molar-refractivity contribution is -0.136. The van der Waals surface area contributed by atoms with Gasteiger partial charge in [-0.05, 0) is 36.8 Å². The molecule has 1 amide bonds. The van der Waals surface area contributed by atoms with Crippen molar-refractivity contribution in [3.63, 3.8) is 0 Å². The minimum absolute atomic E-state index is 0.0464. The molecule has 0 aliphatic heterocycles. The Morgan fingerprint density at radius 3 is 2.55 bits per heavy atom. The van der Waals surface area contributed by atoms with Crippen molar-refractivity contribution in [1.82, 2.24) is 9.88 Å². The van der Waals surface area contributed by atoms with Gasteiger partial charge in [0.2, 0.25) is 5.91 Å². The van der Waals surface area contributed by atoms with E-state index >= 15 is 0 Å². The topological polar surface area (TPSA) is 42.4 Å². The Bertz CT molecular complexity index is 602. The molecule has 1 aromatic carbocycles. The van der Waals surface area contributed by atoms with Crippen molar-refractivity contribution in [2.75, 3.05) is 20.3 Å². The SMILES string of the molecule is CCN(C(=O)COC)[C@@H](c1ccc(Cl)cc1)c1ccccn1. The smallest absolute Gasteiger partial charge is 0.249 e. The van der Waals surface area contributed by atoms with Crippen LogP contribution in [0.3, 0.4) is 0 Å². The molecule has 1 atom stereocenters. The van der Waals surface area contributed by atoms with Crippen molar-refractivity contribution in [3.05, 3.63) is 64.9 Å². The highest BCUT2D eigenvalue weighted by Gasteiger charge is 2.26. The summed E-state index contributed by atoms with van der Waals surface area (Å²) in [6, 6.07) is 12.9. The summed E-state index contributed by atoms with van der Waals surface area (Å²) in [5.41, 5.74) is 1.78. The van der Waals surface area contributed by atoms with E-state index in [1.807, 2.05) is 49.4 Å². The summed E-state index contributed by atoms with van der Waals surface area (Å²) >= 11 is 5.97. The average molecular weight is 319 g/mol. The summed E-state index contributed by atoms with van der Waals surface area (Å²) < 4.78 is 4.99. The Kier molecular flexibility index (Phi) is 5.92. The minimum atomic E-state index is -0.258. The maximum Gasteiger partial charge on any atom is 0.249 e. The number of carbonyl (C=O) groups is 1. The molecule has 0 unspecified atom stereocenters. The highest BCUT2D eigenvalue weighted by Crippen LogP contribution is 2.28. The van der Waals surface area contributed by atoms with Crippen LogP contribution in [-0.2, 0) is 9.53 Å². The van der Waals surface area contributed by atoms with E-state index in [2.05, 4.69) is 4.98 Å². The number of nitrogens with zero attached hydrogens (tertiary/aromatic N) is 2. The molecule has 116 valence electrons. The van der Waals surface area contributed by atoms with Gasteiger partial charge in [0.05, 0.1) is 11.7 Å². The second-order valence-electron chi connectivity index (χ2n) is 4.82. The van der Waals surface area contributed by atoms with Gasteiger partial charge in [0.25, 0.3) is 0 Å². The molecular formula is C17H19ClN2O2. The first kappa shape index (κ1) is 16.5. The average Bonchev–Trinajstić information content (AvgIpc) is 2.54. The molecule has 0 fully saturated rings. The van der Waals surface area contributed by atoms with Gasteiger partial charge < -0.3 is 9.64 Å². The molecule has 1 heterocycles. The lowest BCUT2D eigenvalue weighted by atomic mass is 10.0. The maximum atomic E-state index is 12.4. The monoisotopic (exact) mass is 318 g/mol. The van der Waals surface area contributed by atoms with Crippen LogP contribution in [-0.4, -0.2) is 36.1 Å². The highest BCUT2D eigenvalue weighted by atomic mass is 35.5. The van der Waals surface area contributed by atoms with Crippen LogP contribution < -0.4 is 0 Å². The number of pyridine rings is 1. The van der Waals surface area contributed by atoms with Crippen molar-refractivity contribution >= 4 is 17.5 Å². The van der Waals surface area contributed by atoms with Gasteiger partial charge in [-0.1, -0.05) is 29.8 Å². The van der Waals surface area contributed by atoms with E-state index in [9.17, 15) is 4.79 Å². The number of methoxy groups -OCH3 is 1. The predicted octanol–water partition coefficient (Wildman–Crippen LogP) is 3.32. The van der Waals surface area contributed by atoms with Crippen molar-refractivity contribution < 1.29 is 9.53 Å². The van der Waals surface area contributed by atoms with Gasteiger partial charge in [0, 0.05) is 24.9 Å². The van der Waals surface area contributed by atoms with Gasteiger partial charge >= 0.3 is 0 Å². The highest BCUT2D eigenvalue weighted by molar-refractivity contribution is 6.30. The van der Waals surface area contributed by atoms with Gasteiger partial charge in [-0.2, -0.15) is 0 Å². The first-order valence-electron chi connectivity index (χ1n) is 7.12. The normalized spacial score (nSPS) is 12.0. The van der Waals surface area contributed by atoms with E-state index in [4.69, 9.17) is 16.3 Å². The van der Waals surface area contributed by atoms with Crippen LogP contribution in [0.1, 0.15) is 24.2 Å². The lowest BCUT2D eigenvalue weighted by Crippen LogP contribution is -2.38. The Hall–Kier alpha value is -1.91. The van der Waals surface area contributed by atoms with E-state index in [0.717, 1.165) is 11.3 Å². The third-order valence-electron chi connectivity index (χ3n) is 3.39. The summed E-state index contributed by atoms with van der Waals surface area (Å²) in [5, 5.41) is 0.662. The number of amides is 1. The zero-order valence-corrected chi connectivity index (χ0v) is 13.5. The molecule has 1 aromatic heterocycles. The molecular weight excluding hydrogens is 300 g/mol. The van der Waals surface area contributed by atoms with Gasteiger partial charge in [0.1, 0.15) is 6.61 Å². The van der Waals surface area contributed by atoms with Crippen LogP contribution in [0.4, 0.5) is 0 Å². The Morgan fingerprint density at radius 2 is 2.00 bits per heavy atom.